The van der Waals surface area contributed by atoms with Crippen LogP contribution >= 0.6 is 0 Å². The molecular weight excluding hydrogens is 366 g/mol. The van der Waals surface area contributed by atoms with Crippen molar-refractivity contribution in [1.29, 1.82) is 5.26 Å². The third-order valence-electron chi connectivity index (χ3n) is 7.70. The van der Waals surface area contributed by atoms with Crippen molar-refractivity contribution >= 4 is 5.69 Å². The molecule has 0 bridgehead atoms. The molecule has 3 rings (SSSR count). The summed E-state index contributed by atoms with van der Waals surface area (Å²) in [6, 6.07) is 13.2. The number of hydrogen-bond acceptors (Lipinski definition) is 1. The largest absolute Gasteiger partial charge is 0.296 e. The molecule has 1 aliphatic heterocycles. The van der Waals surface area contributed by atoms with Gasteiger partial charge >= 0.3 is 0 Å². The number of unbranched alkanes of at least 4 members (excludes halogenated alkanes) is 1. The maximum absolute atomic E-state index is 9.57. The van der Waals surface area contributed by atoms with E-state index in [-0.39, 0.29) is 11.0 Å². The Hall–Kier alpha value is -2.44. The Bertz CT molecular complexity index is 998. The highest BCUT2D eigenvalue weighted by Gasteiger charge is 2.58. The van der Waals surface area contributed by atoms with Crippen LogP contribution in [0, 0.1) is 11.3 Å². The Kier molecular flexibility index (Phi) is 5.94. The fourth-order valence-electron chi connectivity index (χ4n) is 5.43. The molecule has 2 atom stereocenters. The molecule has 158 valence electrons. The van der Waals surface area contributed by atoms with Crippen molar-refractivity contribution in [2.45, 2.75) is 64.3 Å². The van der Waals surface area contributed by atoms with E-state index in [2.05, 4.69) is 95.5 Å². The van der Waals surface area contributed by atoms with E-state index in [1.54, 1.807) is 0 Å². The molecule has 0 aliphatic carbocycles. The monoisotopic (exact) mass is 403 g/mol. The van der Waals surface area contributed by atoms with Crippen LogP contribution in [0.25, 0.3) is 11.3 Å². The number of rotatable bonds is 7. The molecule has 30 heavy (non-hydrogen) atoms. The molecule has 1 aliphatic rings. The topological polar surface area (TPSA) is 27.7 Å². The van der Waals surface area contributed by atoms with Crippen LogP contribution < -0.4 is 9.05 Å². The number of nitrogens with zero attached hydrogens (tertiary/aromatic N) is 3. The van der Waals surface area contributed by atoms with Crippen LogP contribution in [0.4, 0.5) is 5.69 Å². The average molecular weight is 404 g/mol. The van der Waals surface area contributed by atoms with Crippen LogP contribution in [0.5, 0.6) is 0 Å². The number of fused-ring (bicyclic) bond motifs is 3. The van der Waals surface area contributed by atoms with Gasteiger partial charge in [0.05, 0.1) is 55.4 Å². The van der Waals surface area contributed by atoms with Gasteiger partial charge in [-0.05, 0) is 43.5 Å². The van der Waals surface area contributed by atoms with E-state index in [1.807, 2.05) is 6.07 Å². The van der Waals surface area contributed by atoms with Crippen LogP contribution in [0.15, 0.2) is 49.2 Å². The Balaban J connectivity index is 2.36. The third kappa shape index (κ3) is 3.10. The number of pyridine rings is 1. The highest BCUT2D eigenvalue weighted by molar-refractivity contribution is 5.70. The number of quaternary nitrogens is 1. The van der Waals surface area contributed by atoms with Gasteiger partial charge in [0.15, 0.2) is 11.7 Å². The lowest BCUT2D eigenvalue weighted by atomic mass is 9.60. The first-order chi connectivity index (χ1) is 14.2. The van der Waals surface area contributed by atoms with Crippen molar-refractivity contribution in [2.24, 2.45) is 0 Å². The zero-order valence-corrected chi connectivity index (χ0v) is 19.6. The number of allylic oxidation sites excluding steroid dienone is 1. The number of aromatic nitrogens is 1. The van der Waals surface area contributed by atoms with Crippen molar-refractivity contribution in [1.82, 2.24) is 4.48 Å². The molecule has 2 heterocycles. The molecule has 0 N–H and O–H groups in total. The molecule has 0 fully saturated rings. The van der Waals surface area contributed by atoms with E-state index in [9.17, 15) is 5.26 Å². The molecule has 3 heteroatoms. The first kappa shape index (κ1) is 22.2. The average Bonchev–Trinajstić information content (AvgIpc) is 2.77. The third-order valence-corrected chi connectivity index (χ3v) is 7.70. The Morgan fingerprint density at radius 2 is 1.87 bits per heavy atom. The second-order valence-electron chi connectivity index (χ2n) is 9.44. The standard InChI is InChI=1S/C27H37N3/c1-8-12-17-30(6,7)22-15-16-29-25(19-22)23-18-21(20-28)13-14-24(23)26(5,9-2)27(29,10-3)11-4/h10,13-16,18-19H,3,8-9,11-12,17H2,1-2,4-7H3/q+2. The Labute approximate surface area is 182 Å². The summed E-state index contributed by atoms with van der Waals surface area (Å²) in [6.07, 6.45) is 8.77. The highest BCUT2D eigenvalue weighted by atomic mass is 15.3. The van der Waals surface area contributed by atoms with Crippen LogP contribution in [-0.2, 0) is 11.0 Å². The molecular formula is C27H37N3+2. The van der Waals surface area contributed by atoms with Gasteiger partial charge in [0.25, 0.3) is 0 Å². The molecule has 0 radical (unpaired) electrons. The van der Waals surface area contributed by atoms with Crippen molar-refractivity contribution in [2.75, 3.05) is 20.6 Å². The molecule has 3 nitrogen and oxygen atoms in total. The molecule has 2 aromatic rings. The van der Waals surface area contributed by atoms with Crippen molar-refractivity contribution < 1.29 is 4.57 Å². The lowest BCUT2D eigenvalue weighted by Crippen LogP contribution is -2.68. The summed E-state index contributed by atoms with van der Waals surface area (Å²) in [5.74, 6) is 0. The lowest BCUT2D eigenvalue weighted by molar-refractivity contribution is -0.756. The molecule has 0 saturated heterocycles. The van der Waals surface area contributed by atoms with Crippen molar-refractivity contribution in [3.05, 3.63) is 60.3 Å². The predicted molar refractivity (Wildman–Crippen MR) is 126 cm³/mol. The van der Waals surface area contributed by atoms with Crippen LogP contribution in [-0.4, -0.2) is 20.6 Å². The normalized spacial score (nSPS) is 22.7. The number of nitriles is 1. The van der Waals surface area contributed by atoms with E-state index >= 15 is 0 Å². The second-order valence-corrected chi connectivity index (χ2v) is 9.44. The Morgan fingerprint density at radius 3 is 2.43 bits per heavy atom. The van der Waals surface area contributed by atoms with E-state index < -0.39 is 0 Å². The van der Waals surface area contributed by atoms with Gasteiger partial charge in [0.1, 0.15) is 5.69 Å². The van der Waals surface area contributed by atoms with Crippen LogP contribution in [0.3, 0.4) is 0 Å². The van der Waals surface area contributed by atoms with Crippen LogP contribution in [0.2, 0.25) is 0 Å². The maximum atomic E-state index is 9.57. The summed E-state index contributed by atoms with van der Waals surface area (Å²) < 4.78 is 3.28. The minimum Gasteiger partial charge on any atom is -0.296 e. The van der Waals surface area contributed by atoms with Gasteiger partial charge in [-0.25, -0.2) is 0 Å². The molecule has 2 unspecified atom stereocenters. The zero-order chi connectivity index (χ0) is 22.2. The lowest BCUT2D eigenvalue weighted by Gasteiger charge is -2.46. The van der Waals surface area contributed by atoms with Gasteiger partial charge < -0.3 is 0 Å². The van der Waals surface area contributed by atoms with E-state index in [0.717, 1.165) is 23.9 Å². The summed E-state index contributed by atoms with van der Waals surface area (Å²) in [6.45, 7) is 14.5. The Morgan fingerprint density at radius 1 is 1.13 bits per heavy atom. The number of benzene rings is 1. The molecule has 0 spiro atoms. The van der Waals surface area contributed by atoms with Crippen molar-refractivity contribution in [3.63, 3.8) is 0 Å². The number of hydrogen-bond donors (Lipinski definition) is 0. The highest BCUT2D eigenvalue weighted by Crippen LogP contribution is 2.50. The van der Waals surface area contributed by atoms with Gasteiger partial charge in [-0.2, -0.15) is 9.83 Å². The van der Waals surface area contributed by atoms with E-state index in [4.69, 9.17) is 0 Å². The van der Waals surface area contributed by atoms with Gasteiger partial charge in [-0.1, -0.05) is 39.8 Å². The van der Waals surface area contributed by atoms with Crippen LogP contribution in [0.1, 0.15) is 64.5 Å². The zero-order valence-electron chi connectivity index (χ0n) is 19.6. The molecule has 1 aromatic heterocycles. The maximum Gasteiger partial charge on any atom is 0.219 e. The summed E-state index contributed by atoms with van der Waals surface area (Å²) in [7, 11) is 4.57. The fraction of sp³-hybridized carbons (Fsp3) is 0.481. The van der Waals surface area contributed by atoms with Gasteiger partial charge in [-0.15, -0.1) is 0 Å². The van der Waals surface area contributed by atoms with E-state index in [0.29, 0.717) is 5.56 Å². The van der Waals surface area contributed by atoms with Crippen molar-refractivity contribution in [3.8, 4) is 17.3 Å². The minimum atomic E-state index is -0.211. The quantitative estimate of drug-likeness (QED) is 0.324. The molecule has 1 aromatic carbocycles. The SMILES string of the molecule is C=CC1(CC)[n+]2ccc([N+](C)(C)CCCC)cc2-c2cc(C#N)ccc2C1(C)CC. The first-order valence-corrected chi connectivity index (χ1v) is 11.3. The summed E-state index contributed by atoms with van der Waals surface area (Å²) >= 11 is 0. The smallest absolute Gasteiger partial charge is 0.219 e. The molecule has 0 saturated carbocycles. The summed E-state index contributed by atoms with van der Waals surface area (Å²) in [5.41, 5.74) is 5.40. The predicted octanol–water partition coefficient (Wildman–Crippen LogP) is 5.85. The summed E-state index contributed by atoms with van der Waals surface area (Å²) in [4.78, 5) is 0. The molecule has 0 amide bonds. The van der Waals surface area contributed by atoms with Gasteiger partial charge in [0.2, 0.25) is 5.69 Å². The fourth-order valence-corrected chi connectivity index (χ4v) is 5.43. The van der Waals surface area contributed by atoms with E-state index in [1.165, 1.54) is 35.3 Å². The minimum absolute atomic E-state index is 0.0986. The van der Waals surface area contributed by atoms with Gasteiger partial charge in [0, 0.05) is 6.42 Å². The summed E-state index contributed by atoms with van der Waals surface area (Å²) in [5, 5.41) is 9.57. The first-order valence-electron chi connectivity index (χ1n) is 11.3. The van der Waals surface area contributed by atoms with Gasteiger partial charge in [-0.3, -0.25) is 4.48 Å². The second kappa shape index (κ2) is 8.00.